The molecule has 0 aromatic rings. The van der Waals surface area contributed by atoms with E-state index in [4.69, 9.17) is 15.0 Å². The van der Waals surface area contributed by atoms with Crippen molar-refractivity contribution >= 4 is 12.1 Å². The number of rotatable bonds is 0. The van der Waals surface area contributed by atoms with Crippen molar-refractivity contribution in [3.63, 3.8) is 0 Å². The molecular formula is C4H9NO4. The van der Waals surface area contributed by atoms with E-state index in [0.717, 1.165) is 6.92 Å². The van der Waals surface area contributed by atoms with Crippen LogP contribution in [0.25, 0.3) is 0 Å². The van der Waals surface area contributed by atoms with Crippen LogP contribution in [0.4, 0.5) is 4.79 Å². The molecule has 0 aromatic carbocycles. The fourth-order valence-corrected chi connectivity index (χ4v) is 0. The van der Waals surface area contributed by atoms with Crippen molar-refractivity contribution in [2.45, 2.75) is 6.92 Å². The molecule has 0 saturated carbocycles. The average Bonchev–Trinajstić information content (AvgIpc) is 1.65. The summed E-state index contributed by atoms with van der Waals surface area (Å²) in [5.41, 5.74) is 0. The van der Waals surface area contributed by atoms with Gasteiger partial charge in [-0.1, -0.05) is 0 Å². The fourth-order valence-electron chi connectivity index (χ4n) is 0. The average molecular weight is 135 g/mol. The Morgan fingerprint density at radius 2 is 1.44 bits per heavy atom. The zero-order valence-corrected chi connectivity index (χ0v) is 5.21. The minimum atomic E-state index is -0.995. The quantitative estimate of drug-likeness (QED) is 0.435. The molecule has 54 valence electrons. The highest BCUT2D eigenvalue weighted by Gasteiger charge is 1.76. The Kier molecular flexibility index (Phi) is 7.99. The summed E-state index contributed by atoms with van der Waals surface area (Å²) in [4.78, 5) is 18.3. The van der Waals surface area contributed by atoms with Gasteiger partial charge in [0.15, 0.2) is 0 Å². The molecule has 5 heteroatoms. The van der Waals surface area contributed by atoms with Crippen LogP contribution in [-0.4, -0.2) is 29.3 Å². The molecule has 0 bridgehead atoms. The first-order valence-corrected chi connectivity index (χ1v) is 2.11. The number of nitrogens with one attached hydrogen (secondary N) is 1. The molecule has 5 nitrogen and oxygen atoms in total. The number of carbonyl (C=O) groups is 2. The Bertz CT molecular complexity index is 96.7. The summed E-state index contributed by atoms with van der Waals surface area (Å²) < 4.78 is 0. The highest BCUT2D eigenvalue weighted by Crippen LogP contribution is 1.46. The van der Waals surface area contributed by atoms with Crippen molar-refractivity contribution in [2.75, 3.05) is 7.05 Å². The van der Waals surface area contributed by atoms with Crippen LogP contribution < -0.4 is 5.32 Å². The molecule has 0 aromatic heterocycles. The summed E-state index contributed by atoms with van der Waals surface area (Å²) in [7, 11) is 1.35. The first kappa shape index (κ1) is 10.7. The van der Waals surface area contributed by atoms with Gasteiger partial charge in [0.25, 0.3) is 5.97 Å². The molecule has 0 aliphatic rings. The first-order valence-electron chi connectivity index (χ1n) is 2.11. The number of carboxylic acids is 1. The smallest absolute Gasteiger partial charge is 0.404 e. The Hall–Kier alpha value is -1.26. The summed E-state index contributed by atoms with van der Waals surface area (Å²) in [5, 5.41) is 17.0. The second kappa shape index (κ2) is 6.74. The monoisotopic (exact) mass is 135 g/mol. The van der Waals surface area contributed by atoms with Gasteiger partial charge in [-0.15, -0.1) is 0 Å². The minimum absolute atomic E-state index is 0.833. The fraction of sp³-hybridized carbons (Fsp3) is 0.500. The van der Waals surface area contributed by atoms with Crippen LogP contribution in [0.15, 0.2) is 0 Å². The summed E-state index contributed by atoms with van der Waals surface area (Å²) >= 11 is 0. The van der Waals surface area contributed by atoms with Gasteiger partial charge >= 0.3 is 6.09 Å². The van der Waals surface area contributed by atoms with E-state index in [9.17, 15) is 4.79 Å². The zero-order valence-electron chi connectivity index (χ0n) is 5.21. The summed E-state index contributed by atoms with van der Waals surface area (Å²) in [6.45, 7) is 1.08. The minimum Gasteiger partial charge on any atom is -0.481 e. The Morgan fingerprint density at radius 3 is 1.44 bits per heavy atom. The third-order valence-corrected chi connectivity index (χ3v) is 0.214. The lowest BCUT2D eigenvalue weighted by atomic mass is 10.9. The van der Waals surface area contributed by atoms with Gasteiger partial charge in [0.2, 0.25) is 0 Å². The molecule has 0 atom stereocenters. The number of hydrogen-bond acceptors (Lipinski definition) is 2. The van der Waals surface area contributed by atoms with Crippen molar-refractivity contribution in [3.05, 3.63) is 0 Å². The largest absolute Gasteiger partial charge is 0.481 e. The van der Waals surface area contributed by atoms with E-state index in [2.05, 4.69) is 0 Å². The van der Waals surface area contributed by atoms with Crippen molar-refractivity contribution in [1.29, 1.82) is 0 Å². The van der Waals surface area contributed by atoms with Gasteiger partial charge < -0.3 is 15.5 Å². The predicted molar refractivity (Wildman–Crippen MR) is 30.4 cm³/mol. The molecule has 0 fully saturated rings. The van der Waals surface area contributed by atoms with Gasteiger partial charge in [0.05, 0.1) is 0 Å². The molecule has 0 unspecified atom stereocenters. The molecule has 0 rings (SSSR count). The van der Waals surface area contributed by atoms with Crippen molar-refractivity contribution in [1.82, 2.24) is 5.32 Å². The predicted octanol–water partition coefficient (Wildman–Crippen LogP) is -0.0253. The Labute approximate surface area is 52.3 Å². The number of carboxylic acid groups (broad SMARTS) is 2. The molecule has 9 heavy (non-hydrogen) atoms. The van der Waals surface area contributed by atoms with Gasteiger partial charge in [0, 0.05) is 14.0 Å². The van der Waals surface area contributed by atoms with E-state index in [1.54, 1.807) is 0 Å². The van der Waals surface area contributed by atoms with Crippen molar-refractivity contribution in [3.8, 4) is 0 Å². The molecule has 0 radical (unpaired) electrons. The molecule has 3 N–H and O–H groups in total. The molecule has 0 heterocycles. The Morgan fingerprint density at radius 1 is 1.33 bits per heavy atom. The molecule has 1 amide bonds. The van der Waals surface area contributed by atoms with Gasteiger partial charge in [-0.2, -0.15) is 0 Å². The summed E-state index contributed by atoms with van der Waals surface area (Å²) in [5.74, 6) is -0.833. The molecule has 0 aliphatic heterocycles. The maximum absolute atomic E-state index is 9.26. The first-order chi connectivity index (χ1) is 4.00. The van der Waals surface area contributed by atoms with Gasteiger partial charge in [-0.3, -0.25) is 4.79 Å². The highest BCUT2D eigenvalue weighted by atomic mass is 16.4. The number of amides is 1. The molecule has 0 spiro atoms. The van der Waals surface area contributed by atoms with Gasteiger partial charge in [0.1, 0.15) is 0 Å². The van der Waals surface area contributed by atoms with E-state index < -0.39 is 12.1 Å². The highest BCUT2D eigenvalue weighted by molar-refractivity contribution is 5.63. The van der Waals surface area contributed by atoms with Crippen molar-refractivity contribution < 1.29 is 19.8 Å². The van der Waals surface area contributed by atoms with Crippen LogP contribution in [0.2, 0.25) is 0 Å². The van der Waals surface area contributed by atoms with Crippen LogP contribution in [-0.2, 0) is 4.79 Å². The van der Waals surface area contributed by atoms with Gasteiger partial charge in [-0.25, -0.2) is 4.79 Å². The van der Waals surface area contributed by atoms with E-state index in [1.165, 1.54) is 7.05 Å². The maximum Gasteiger partial charge on any atom is 0.404 e. The lowest BCUT2D eigenvalue weighted by molar-refractivity contribution is -0.134. The van der Waals surface area contributed by atoms with Crippen LogP contribution in [0, 0.1) is 0 Å². The van der Waals surface area contributed by atoms with Crippen molar-refractivity contribution in [2.24, 2.45) is 0 Å². The van der Waals surface area contributed by atoms with E-state index in [1.807, 2.05) is 5.32 Å². The zero-order chi connectivity index (χ0) is 7.86. The summed E-state index contributed by atoms with van der Waals surface area (Å²) in [6.07, 6.45) is -0.995. The standard InChI is InChI=1S/C2H5NO2.C2H4O2/c1-3-2(4)5;1-2(3)4/h3H,1H3,(H,4,5);1H3,(H,3,4). The molecule has 0 saturated heterocycles. The van der Waals surface area contributed by atoms with Crippen LogP contribution in [0.5, 0.6) is 0 Å². The van der Waals surface area contributed by atoms with E-state index in [0.29, 0.717) is 0 Å². The topological polar surface area (TPSA) is 86.6 Å². The second-order valence-electron chi connectivity index (χ2n) is 1.07. The van der Waals surface area contributed by atoms with E-state index in [-0.39, 0.29) is 0 Å². The number of aliphatic carboxylic acids is 1. The van der Waals surface area contributed by atoms with Crippen LogP contribution >= 0.6 is 0 Å². The third-order valence-electron chi connectivity index (χ3n) is 0.214. The summed E-state index contributed by atoms with van der Waals surface area (Å²) in [6, 6.07) is 0. The second-order valence-corrected chi connectivity index (χ2v) is 1.07. The maximum atomic E-state index is 9.26. The normalized spacial score (nSPS) is 6.44. The Balaban J connectivity index is 0. The molecule has 0 aliphatic carbocycles. The van der Waals surface area contributed by atoms with Gasteiger partial charge in [-0.05, 0) is 0 Å². The number of hydrogen-bond donors (Lipinski definition) is 3. The van der Waals surface area contributed by atoms with Crippen LogP contribution in [0.3, 0.4) is 0 Å². The SMILES string of the molecule is CC(=O)O.CNC(=O)O. The lowest BCUT2D eigenvalue weighted by Crippen LogP contribution is -2.13. The van der Waals surface area contributed by atoms with Crippen LogP contribution in [0.1, 0.15) is 6.92 Å². The lowest BCUT2D eigenvalue weighted by Gasteiger charge is -1.78. The third kappa shape index (κ3) is 277. The molecular weight excluding hydrogens is 126 g/mol. The van der Waals surface area contributed by atoms with E-state index >= 15 is 0 Å².